The summed E-state index contributed by atoms with van der Waals surface area (Å²) < 4.78 is 0. The van der Waals surface area contributed by atoms with Gasteiger partial charge in [0.1, 0.15) is 0 Å². The maximum atomic E-state index is 2.34. The molecule has 0 aromatic heterocycles. The molecule has 0 atom stereocenters. The van der Waals surface area contributed by atoms with Gasteiger partial charge >= 0.3 is 0 Å². The standard InChI is InChI=1S/C36H38/c1-21-17-22(2)26(6)33(25(21)5)19-35-29-13-9-11-15-31(29)36(32-16-12-10-14-30(32)35)20-34-27(7)23(3)18-24(4)28(34)8/h9-18H,19-20H2,1-8H3. The highest BCUT2D eigenvalue weighted by atomic mass is 14.2. The van der Waals surface area contributed by atoms with Gasteiger partial charge in [0.2, 0.25) is 0 Å². The fourth-order valence-corrected chi connectivity index (χ4v) is 6.17. The van der Waals surface area contributed by atoms with E-state index in [0.717, 1.165) is 12.8 Å². The summed E-state index contributed by atoms with van der Waals surface area (Å²) in [6.45, 7) is 18.2. The van der Waals surface area contributed by atoms with Crippen LogP contribution >= 0.6 is 0 Å². The molecule has 0 unspecified atom stereocenters. The van der Waals surface area contributed by atoms with E-state index in [1.165, 1.54) is 88.3 Å². The minimum atomic E-state index is 0.961. The number of rotatable bonds is 4. The van der Waals surface area contributed by atoms with Crippen molar-refractivity contribution in [3.63, 3.8) is 0 Å². The van der Waals surface area contributed by atoms with E-state index >= 15 is 0 Å². The van der Waals surface area contributed by atoms with Gasteiger partial charge in [0.05, 0.1) is 0 Å². The van der Waals surface area contributed by atoms with Crippen LogP contribution in [0.3, 0.4) is 0 Å². The van der Waals surface area contributed by atoms with Crippen molar-refractivity contribution < 1.29 is 0 Å². The summed E-state index contributed by atoms with van der Waals surface area (Å²) in [5, 5.41) is 5.57. The molecule has 0 aliphatic carbocycles. The Balaban J connectivity index is 1.81. The Kier molecular flexibility index (Phi) is 6.25. The molecular weight excluding hydrogens is 432 g/mol. The number of benzene rings is 5. The summed E-state index contributed by atoms with van der Waals surface area (Å²) in [5.74, 6) is 0. The smallest absolute Gasteiger partial charge is 0.000799 e. The Labute approximate surface area is 217 Å². The van der Waals surface area contributed by atoms with Crippen LogP contribution in [-0.4, -0.2) is 0 Å². The van der Waals surface area contributed by atoms with Crippen LogP contribution < -0.4 is 0 Å². The maximum absolute atomic E-state index is 2.34. The highest BCUT2D eigenvalue weighted by molar-refractivity contribution is 6.06. The van der Waals surface area contributed by atoms with Gasteiger partial charge in [0, 0.05) is 0 Å². The summed E-state index contributed by atoms with van der Waals surface area (Å²) in [4.78, 5) is 0. The van der Waals surface area contributed by atoms with Crippen molar-refractivity contribution in [1.82, 2.24) is 0 Å². The van der Waals surface area contributed by atoms with Gasteiger partial charge in [-0.2, -0.15) is 0 Å². The minimum Gasteiger partial charge on any atom is -0.0616 e. The lowest BCUT2D eigenvalue weighted by atomic mass is 9.82. The first kappa shape index (κ1) is 24.3. The Bertz CT molecular complexity index is 1410. The SMILES string of the molecule is Cc1cc(C)c(C)c(Cc2c3ccccc3c(Cc3c(C)c(C)cc(C)c3C)c3ccccc23)c1C. The lowest BCUT2D eigenvalue weighted by Crippen LogP contribution is -2.05. The molecule has 0 radical (unpaired) electrons. The van der Waals surface area contributed by atoms with Gasteiger partial charge in [-0.05, 0) is 157 Å². The summed E-state index contributed by atoms with van der Waals surface area (Å²) >= 11 is 0. The highest BCUT2D eigenvalue weighted by Gasteiger charge is 2.18. The topological polar surface area (TPSA) is 0 Å². The average Bonchev–Trinajstić information content (AvgIpc) is 2.87. The molecule has 5 rings (SSSR count). The molecule has 0 aliphatic heterocycles. The zero-order valence-corrected chi connectivity index (χ0v) is 23.2. The van der Waals surface area contributed by atoms with Gasteiger partial charge in [-0.3, -0.25) is 0 Å². The molecule has 0 heterocycles. The van der Waals surface area contributed by atoms with E-state index in [9.17, 15) is 0 Å². The lowest BCUT2D eigenvalue weighted by molar-refractivity contribution is 1.09. The van der Waals surface area contributed by atoms with Gasteiger partial charge in [-0.15, -0.1) is 0 Å². The van der Waals surface area contributed by atoms with Crippen LogP contribution in [0.5, 0.6) is 0 Å². The van der Waals surface area contributed by atoms with E-state index < -0.39 is 0 Å². The number of aryl methyl sites for hydroxylation is 4. The van der Waals surface area contributed by atoms with Gasteiger partial charge < -0.3 is 0 Å². The summed E-state index contributed by atoms with van der Waals surface area (Å²) in [5.41, 5.74) is 17.1. The second-order valence-electron chi connectivity index (χ2n) is 10.9. The van der Waals surface area contributed by atoms with Crippen molar-refractivity contribution >= 4 is 21.5 Å². The van der Waals surface area contributed by atoms with Crippen molar-refractivity contribution in [2.75, 3.05) is 0 Å². The van der Waals surface area contributed by atoms with Gasteiger partial charge in [-0.1, -0.05) is 60.7 Å². The molecule has 0 bridgehead atoms. The third-order valence-electron chi connectivity index (χ3n) is 8.90. The maximum Gasteiger partial charge on any atom is -0.000799 e. The molecule has 0 fully saturated rings. The summed E-state index contributed by atoms with van der Waals surface area (Å²) in [6, 6.07) is 22.9. The summed E-state index contributed by atoms with van der Waals surface area (Å²) in [7, 11) is 0. The molecule has 0 aliphatic rings. The molecular formula is C36H38. The molecule has 0 nitrogen and oxygen atoms in total. The molecule has 0 amide bonds. The average molecular weight is 471 g/mol. The van der Waals surface area contributed by atoms with E-state index in [0.29, 0.717) is 0 Å². The van der Waals surface area contributed by atoms with Crippen LogP contribution in [0.25, 0.3) is 21.5 Å². The summed E-state index contributed by atoms with van der Waals surface area (Å²) in [6.07, 6.45) is 1.92. The first-order chi connectivity index (χ1) is 17.2. The van der Waals surface area contributed by atoms with Crippen LogP contribution in [0.15, 0.2) is 60.7 Å². The van der Waals surface area contributed by atoms with E-state index in [1.807, 2.05) is 0 Å². The van der Waals surface area contributed by atoms with Crippen LogP contribution in [0, 0.1) is 55.4 Å². The third-order valence-corrected chi connectivity index (χ3v) is 8.90. The predicted octanol–water partition coefficient (Wildman–Crippen LogP) is 9.64. The van der Waals surface area contributed by atoms with E-state index in [4.69, 9.17) is 0 Å². The number of fused-ring (bicyclic) bond motifs is 2. The first-order valence-corrected chi connectivity index (χ1v) is 13.2. The minimum absolute atomic E-state index is 0.961. The van der Waals surface area contributed by atoms with Crippen molar-refractivity contribution in [2.45, 2.75) is 68.2 Å². The zero-order chi connectivity index (χ0) is 25.7. The van der Waals surface area contributed by atoms with E-state index in [1.54, 1.807) is 0 Å². The molecule has 0 N–H and O–H groups in total. The number of hydrogen-bond acceptors (Lipinski definition) is 0. The molecule has 0 saturated heterocycles. The Hall–Kier alpha value is -3.38. The van der Waals surface area contributed by atoms with Crippen molar-refractivity contribution in [1.29, 1.82) is 0 Å². The fraction of sp³-hybridized carbons (Fsp3) is 0.278. The van der Waals surface area contributed by atoms with E-state index in [2.05, 4.69) is 116 Å². The lowest BCUT2D eigenvalue weighted by Gasteiger charge is -2.22. The monoisotopic (exact) mass is 470 g/mol. The fourth-order valence-electron chi connectivity index (χ4n) is 6.17. The van der Waals surface area contributed by atoms with Crippen molar-refractivity contribution in [3.05, 3.63) is 127 Å². The van der Waals surface area contributed by atoms with Crippen LogP contribution in [0.2, 0.25) is 0 Å². The normalized spacial score (nSPS) is 11.6. The molecule has 0 heteroatoms. The zero-order valence-electron chi connectivity index (χ0n) is 23.2. The van der Waals surface area contributed by atoms with Crippen LogP contribution in [0.1, 0.15) is 66.8 Å². The van der Waals surface area contributed by atoms with Crippen molar-refractivity contribution in [2.24, 2.45) is 0 Å². The predicted molar refractivity (Wildman–Crippen MR) is 158 cm³/mol. The Morgan fingerprint density at radius 3 is 0.861 bits per heavy atom. The molecule has 182 valence electrons. The second-order valence-corrected chi connectivity index (χ2v) is 10.9. The highest BCUT2D eigenvalue weighted by Crippen LogP contribution is 2.38. The molecule has 0 spiro atoms. The Morgan fingerprint density at radius 2 is 0.611 bits per heavy atom. The van der Waals surface area contributed by atoms with Crippen LogP contribution in [-0.2, 0) is 12.8 Å². The van der Waals surface area contributed by atoms with Gasteiger partial charge in [0.25, 0.3) is 0 Å². The molecule has 36 heavy (non-hydrogen) atoms. The van der Waals surface area contributed by atoms with Crippen molar-refractivity contribution in [3.8, 4) is 0 Å². The first-order valence-electron chi connectivity index (χ1n) is 13.2. The number of hydrogen-bond donors (Lipinski definition) is 0. The molecule has 5 aromatic rings. The Morgan fingerprint density at radius 1 is 0.361 bits per heavy atom. The van der Waals surface area contributed by atoms with Crippen LogP contribution in [0.4, 0.5) is 0 Å². The van der Waals surface area contributed by atoms with Gasteiger partial charge in [0.15, 0.2) is 0 Å². The van der Waals surface area contributed by atoms with Gasteiger partial charge in [-0.25, -0.2) is 0 Å². The van der Waals surface area contributed by atoms with E-state index in [-0.39, 0.29) is 0 Å². The quantitative estimate of drug-likeness (QED) is 0.229. The third kappa shape index (κ3) is 3.94. The largest absolute Gasteiger partial charge is 0.0616 e. The molecule has 5 aromatic carbocycles. The second kappa shape index (κ2) is 9.25. The molecule has 0 saturated carbocycles.